The van der Waals surface area contributed by atoms with Crippen molar-refractivity contribution in [2.45, 2.75) is 19.9 Å². The van der Waals surface area contributed by atoms with Gasteiger partial charge in [0.05, 0.1) is 0 Å². The van der Waals surface area contributed by atoms with Crippen LogP contribution >= 0.6 is 0 Å². The first kappa shape index (κ1) is 14.1. The number of carbonyl (C=O) groups excluding carboxylic acids is 1. The van der Waals surface area contributed by atoms with Crippen molar-refractivity contribution in [3.8, 4) is 0 Å². The molecule has 0 saturated carbocycles. The Balaban J connectivity index is 2.51. The van der Waals surface area contributed by atoms with Gasteiger partial charge in [-0.3, -0.25) is 4.79 Å². The van der Waals surface area contributed by atoms with Crippen LogP contribution in [0.15, 0.2) is 42.5 Å². The lowest BCUT2D eigenvalue weighted by molar-refractivity contribution is -0.149. The maximum Gasteiger partial charge on any atom is 0.331 e. The molecule has 20 heavy (non-hydrogen) atoms. The largest absolute Gasteiger partial charge is 0.479 e. The van der Waals surface area contributed by atoms with Crippen LogP contribution in [0.2, 0.25) is 0 Å². The third kappa shape index (κ3) is 2.64. The first-order valence-electron chi connectivity index (χ1n) is 6.53. The summed E-state index contributed by atoms with van der Waals surface area (Å²) in [6.45, 7) is 3.53. The van der Waals surface area contributed by atoms with Crippen LogP contribution in [0.4, 0.5) is 0 Å². The highest BCUT2D eigenvalue weighted by molar-refractivity contribution is 5.87. The summed E-state index contributed by atoms with van der Waals surface area (Å²) in [6.07, 6.45) is 0. The monoisotopic (exact) mass is 271 g/mol. The Labute approximate surface area is 117 Å². The molecule has 0 spiro atoms. The number of carbonyl (C=O) groups is 2. The van der Waals surface area contributed by atoms with Gasteiger partial charge in [-0.25, -0.2) is 4.79 Å². The SMILES string of the molecule is CCN(C(C)=O)C(C(=O)O)c1ccc2ccccc2c1. The molecule has 2 aromatic rings. The molecule has 0 heterocycles. The molecule has 0 aliphatic carbocycles. The molecule has 1 unspecified atom stereocenters. The molecular weight excluding hydrogens is 254 g/mol. The van der Waals surface area contributed by atoms with Gasteiger partial charge in [0.15, 0.2) is 6.04 Å². The van der Waals surface area contributed by atoms with Crippen molar-refractivity contribution in [1.82, 2.24) is 4.90 Å². The lowest BCUT2D eigenvalue weighted by Crippen LogP contribution is -2.37. The van der Waals surface area contributed by atoms with Crippen molar-refractivity contribution in [3.63, 3.8) is 0 Å². The molecular formula is C16H17NO3. The fourth-order valence-corrected chi connectivity index (χ4v) is 2.42. The predicted molar refractivity (Wildman–Crippen MR) is 77.4 cm³/mol. The second kappa shape index (κ2) is 5.74. The summed E-state index contributed by atoms with van der Waals surface area (Å²) in [4.78, 5) is 24.5. The van der Waals surface area contributed by atoms with Gasteiger partial charge in [-0.2, -0.15) is 0 Å². The van der Waals surface area contributed by atoms with Crippen LogP contribution in [0.1, 0.15) is 25.5 Å². The fourth-order valence-electron chi connectivity index (χ4n) is 2.42. The van der Waals surface area contributed by atoms with E-state index in [1.807, 2.05) is 36.4 Å². The first-order valence-corrected chi connectivity index (χ1v) is 6.53. The van der Waals surface area contributed by atoms with Crippen molar-refractivity contribution >= 4 is 22.6 Å². The van der Waals surface area contributed by atoms with Gasteiger partial charge in [0.25, 0.3) is 0 Å². The minimum absolute atomic E-state index is 0.243. The number of carboxylic acids is 1. The molecule has 0 saturated heterocycles. The van der Waals surface area contributed by atoms with E-state index in [0.29, 0.717) is 12.1 Å². The number of hydrogen-bond acceptors (Lipinski definition) is 2. The fraction of sp³-hybridized carbons (Fsp3) is 0.250. The van der Waals surface area contributed by atoms with Crippen molar-refractivity contribution in [2.75, 3.05) is 6.54 Å². The second-order valence-corrected chi connectivity index (χ2v) is 4.65. The summed E-state index contributed by atoms with van der Waals surface area (Å²) >= 11 is 0. The molecule has 0 radical (unpaired) electrons. The van der Waals surface area contributed by atoms with E-state index in [1.165, 1.54) is 11.8 Å². The molecule has 0 aliphatic heterocycles. The van der Waals surface area contributed by atoms with Crippen molar-refractivity contribution < 1.29 is 14.7 Å². The average molecular weight is 271 g/mol. The van der Waals surface area contributed by atoms with E-state index >= 15 is 0 Å². The number of nitrogens with zero attached hydrogens (tertiary/aromatic N) is 1. The van der Waals surface area contributed by atoms with Gasteiger partial charge in [0, 0.05) is 13.5 Å². The molecule has 4 nitrogen and oxygen atoms in total. The molecule has 0 aliphatic rings. The van der Waals surface area contributed by atoms with Crippen molar-refractivity contribution in [3.05, 3.63) is 48.0 Å². The van der Waals surface area contributed by atoms with Crippen LogP contribution in [0.3, 0.4) is 0 Å². The number of aliphatic carboxylic acids is 1. The van der Waals surface area contributed by atoms with Crippen molar-refractivity contribution in [2.24, 2.45) is 0 Å². The number of rotatable bonds is 4. The van der Waals surface area contributed by atoms with E-state index in [9.17, 15) is 14.7 Å². The Bertz CT molecular complexity index is 651. The predicted octanol–water partition coefficient (Wildman–Crippen LogP) is 2.83. The first-order chi connectivity index (χ1) is 9.54. The summed E-state index contributed by atoms with van der Waals surface area (Å²) < 4.78 is 0. The highest BCUT2D eigenvalue weighted by Crippen LogP contribution is 2.25. The van der Waals surface area contributed by atoms with Crippen LogP contribution in [0.5, 0.6) is 0 Å². The molecule has 1 amide bonds. The molecule has 1 N–H and O–H groups in total. The smallest absolute Gasteiger partial charge is 0.331 e. The lowest BCUT2D eigenvalue weighted by Gasteiger charge is -2.27. The van der Waals surface area contributed by atoms with Crippen molar-refractivity contribution in [1.29, 1.82) is 0 Å². The van der Waals surface area contributed by atoms with Gasteiger partial charge < -0.3 is 10.0 Å². The molecule has 0 aromatic heterocycles. The topological polar surface area (TPSA) is 57.6 Å². The normalized spacial score (nSPS) is 12.1. The highest BCUT2D eigenvalue weighted by Gasteiger charge is 2.28. The van der Waals surface area contributed by atoms with E-state index in [4.69, 9.17) is 0 Å². The number of hydrogen-bond donors (Lipinski definition) is 1. The quantitative estimate of drug-likeness (QED) is 0.930. The molecule has 104 valence electrons. The number of fused-ring (bicyclic) bond motifs is 1. The number of amides is 1. The second-order valence-electron chi connectivity index (χ2n) is 4.65. The van der Waals surface area contributed by atoms with Gasteiger partial charge in [0.1, 0.15) is 0 Å². The van der Waals surface area contributed by atoms with Gasteiger partial charge in [-0.05, 0) is 29.3 Å². The Hall–Kier alpha value is -2.36. The average Bonchev–Trinajstić information content (AvgIpc) is 2.43. The molecule has 4 heteroatoms. The van der Waals surface area contributed by atoms with E-state index in [2.05, 4.69) is 0 Å². The van der Waals surface area contributed by atoms with Gasteiger partial charge in [-0.1, -0.05) is 36.4 Å². The van der Waals surface area contributed by atoms with Gasteiger partial charge in [0.2, 0.25) is 5.91 Å². The van der Waals surface area contributed by atoms with Crippen LogP contribution in [0, 0.1) is 0 Å². The Kier molecular flexibility index (Phi) is 4.03. The molecule has 0 fully saturated rings. The Morgan fingerprint density at radius 1 is 1.15 bits per heavy atom. The molecule has 1 atom stereocenters. The minimum Gasteiger partial charge on any atom is -0.479 e. The number of likely N-dealkylation sites (N-methyl/N-ethyl adjacent to an activating group) is 1. The van der Waals surface area contributed by atoms with Gasteiger partial charge >= 0.3 is 5.97 Å². The van der Waals surface area contributed by atoms with E-state index in [-0.39, 0.29) is 5.91 Å². The zero-order chi connectivity index (χ0) is 14.7. The third-order valence-corrected chi connectivity index (χ3v) is 3.38. The van der Waals surface area contributed by atoms with Crippen LogP contribution in [-0.2, 0) is 9.59 Å². The number of carboxylic acid groups (broad SMARTS) is 1. The highest BCUT2D eigenvalue weighted by atomic mass is 16.4. The van der Waals surface area contributed by atoms with Gasteiger partial charge in [-0.15, -0.1) is 0 Å². The number of benzene rings is 2. The van der Waals surface area contributed by atoms with E-state index in [1.54, 1.807) is 13.0 Å². The van der Waals surface area contributed by atoms with E-state index < -0.39 is 12.0 Å². The third-order valence-electron chi connectivity index (χ3n) is 3.38. The van der Waals surface area contributed by atoms with Crippen LogP contribution < -0.4 is 0 Å². The van der Waals surface area contributed by atoms with Crippen LogP contribution in [-0.4, -0.2) is 28.4 Å². The maximum atomic E-state index is 11.6. The Morgan fingerprint density at radius 2 is 1.80 bits per heavy atom. The summed E-state index contributed by atoms with van der Waals surface area (Å²) in [7, 11) is 0. The zero-order valence-electron chi connectivity index (χ0n) is 11.5. The Morgan fingerprint density at radius 3 is 2.35 bits per heavy atom. The zero-order valence-corrected chi connectivity index (χ0v) is 11.5. The summed E-state index contributed by atoms with van der Waals surface area (Å²) in [6, 6.07) is 12.3. The van der Waals surface area contributed by atoms with Crippen LogP contribution in [0.25, 0.3) is 10.8 Å². The summed E-state index contributed by atoms with van der Waals surface area (Å²) in [5.41, 5.74) is 0.619. The molecule has 2 rings (SSSR count). The summed E-state index contributed by atoms with van der Waals surface area (Å²) in [5, 5.41) is 11.5. The molecule has 0 bridgehead atoms. The standard InChI is InChI=1S/C16H17NO3/c1-3-17(11(2)18)15(16(19)20)14-9-8-12-6-4-5-7-13(12)10-14/h4-10,15H,3H2,1-2H3,(H,19,20). The minimum atomic E-state index is -1.02. The van der Waals surface area contributed by atoms with E-state index in [0.717, 1.165) is 10.8 Å². The summed E-state index contributed by atoms with van der Waals surface area (Å²) in [5.74, 6) is -1.26. The maximum absolute atomic E-state index is 11.6. The lowest BCUT2D eigenvalue weighted by atomic mass is 10.0. The molecule has 2 aromatic carbocycles.